The van der Waals surface area contributed by atoms with Crippen molar-refractivity contribution in [3.63, 3.8) is 0 Å². The van der Waals surface area contributed by atoms with E-state index in [4.69, 9.17) is 4.74 Å². The molecule has 42 heavy (non-hydrogen) atoms. The number of carbonyl (C=O) groups excluding carboxylic acids is 2. The maximum atomic E-state index is 13.9. The number of aryl methyl sites for hydroxylation is 1. The number of hydrogen-bond acceptors (Lipinski definition) is 5. The number of thiophene rings is 1. The summed E-state index contributed by atoms with van der Waals surface area (Å²) in [5.41, 5.74) is 4.61. The van der Waals surface area contributed by atoms with Crippen molar-refractivity contribution >= 4 is 23.2 Å². The van der Waals surface area contributed by atoms with Crippen LogP contribution in [0, 0.1) is 12.7 Å². The molecule has 218 valence electrons. The first-order valence-corrected chi connectivity index (χ1v) is 15.1. The van der Waals surface area contributed by atoms with Crippen LogP contribution in [0.5, 0.6) is 0 Å². The van der Waals surface area contributed by atoms with Gasteiger partial charge in [-0.1, -0.05) is 54.6 Å². The van der Waals surface area contributed by atoms with E-state index in [0.717, 1.165) is 40.2 Å². The SMILES string of the molecule is Cc1ccsc1CN(Cc1ccc(F)cc1)C(=O)CN(CCN1CCOCC1)C(=O)c1ccc(-c2ccccc2)cc1. The van der Waals surface area contributed by atoms with Crippen LogP contribution in [0.2, 0.25) is 0 Å². The first-order valence-electron chi connectivity index (χ1n) is 14.3. The van der Waals surface area contributed by atoms with Crippen LogP contribution in [-0.2, 0) is 22.6 Å². The van der Waals surface area contributed by atoms with Gasteiger partial charge in [-0.05, 0) is 64.9 Å². The third-order valence-electron chi connectivity index (χ3n) is 7.58. The number of halogens is 1. The molecule has 0 unspecified atom stereocenters. The van der Waals surface area contributed by atoms with Crippen molar-refractivity contribution in [3.05, 3.63) is 118 Å². The molecule has 8 heteroatoms. The monoisotopic (exact) mass is 585 g/mol. The van der Waals surface area contributed by atoms with E-state index >= 15 is 0 Å². The van der Waals surface area contributed by atoms with Crippen molar-refractivity contribution in [3.8, 4) is 11.1 Å². The van der Waals surface area contributed by atoms with Crippen molar-refractivity contribution in [1.29, 1.82) is 0 Å². The summed E-state index contributed by atoms with van der Waals surface area (Å²) in [6.45, 7) is 6.76. The van der Waals surface area contributed by atoms with Gasteiger partial charge in [0, 0.05) is 43.2 Å². The summed E-state index contributed by atoms with van der Waals surface area (Å²) in [5, 5.41) is 2.02. The molecule has 1 fully saturated rings. The second-order valence-corrected chi connectivity index (χ2v) is 11.5. The third kappa shape index (κ3) is 7.91. The number of benzene rings is 3. The molecular formula is C34H36FN3O3S. The Labute approximate surface area is 250 Å². The molecular weight excluding hydrogens is 549 g/mol. The average Bonchev–Trinajstić information content (AvgIpc) is 3.44. The van der Waals surface area contributed by atoms with Gasteiger partial charge in [0.2, 0.25) is 5.91 Å². The molecule has 0 radical (unpaired) electrons. The Kier molecular flexibility index (Phi) is 10.1. The zero-order valence-corrected chi connectivity index (χ0v) is 24.7. The topological polar surface area (TPSA) is 53.1 Å². The highest BCUT2D eigenvalue weighted by molar-refractivity contribution is 7.10. The van der Waals surface area contributed by atoms with Gasteiger partial charge >= 0.3 is 0 Å². The first kappa shape index (κ1) is 29.6. The predicted molar refractivity (Wildman–Crippen MR) is 165 cm³/mol. The van der Waals surface area contributed by atoms with E-state index in [0.29, 0.717) is 45.0 Å². The number of amides is 2. The summed E-state index contributed by atoms with van der Waals surface area (Å²) in [6, 6.07) is 25.9. The van der Waals surface area contributed by atoms with Gasteiger partial charge in [0.05, 0.1) is 19.8 Å². The Bertz CT molecular complexity index is 1450. The minimum atomic E-state index is -0.316. The van der Waals surface area contributed by atoms with Gasteiger partial charge in [0.15, 0.2) is 0 Å². The van der Waals surface area contributed by atoms with Gasteiger partial charge in [0.1, 0.15) is 12.4 Å². The van der Waals surface area contributed by atoms with Gasteiger partial charge in [0.25, 0.3) is 5.91 Å². The molecule has 0 atom stereocenters. The Morgan fingerprint density at radius 1 is 0.857 bits per heavy atom. The van der Waals surface area contributed by atoms with E-state index in [1.807, 2.05) is 73.0 Å². The highest BCUT2D eigenvalue weighted by Crippen LogP contribution is 2.22. The highest BCUT2D eigenvalue weighted by Gasteiger charge is 2.24. The van der Waals surface area contributed by atoms with E-state index in [2.05, 4.69) is 4.90 Å². The fourth-order valence-corrected chi connectivity index (χ4v) is 5.92. The molecule has 1 aromatic heterocycles. The van der Waals surface area contributed by atoms with E-state index in [1.54, 1.807) is 33.3 Å². The minimum absolute atomic E-state index is 0.0464. The first-order chi connectivity index (χ1) is 20.5. The van der Waals surface area contributed by atoms with Crippen molar-refractivity contribution in [1.82, 2.24) is 14.7 Å². The zero-order chi connectivity index (χ0) is 29.3. The fraction of sp³-hybridized carbons (Fsp3) is 0.294. The molecule has 0 spiro atoms. The number of morpholine rings is 1. The second-order valence-electron chi connectivity index (χ2n) is 10.5. The Balaban J connectivity index is 1.36. The lowest BCUT2D eigenvalue weighted by atomic mass is 10.0. The lowest BCUT2D eigenvalue weighted by Gasteiger charge is -2.31. The third-order valence-corrected chi connectivity index (χ3v) is 8.59. The largest absolute Gasteiger partial charge is 0.379 e. The van der Waals surface area contributed by atoms with Gasteiger partial charge in [-0.15, -0.1) is 11.3 Å². The molecule has 1 aliphatic rings. The van der Waals surface area contributed by atoms with Crippen LogP contribution < -0.4 is 0 Å². The van der Waals surface area contributed by atoms with Crippen LogP contribution in [0.25, 0.3) is 11.1 Å². The van der Waals surface area contributed by atoms with Crippen LogP contribution in [0.1, 0.15) is 26.4 Å². The number of ether oxygens (including phenoxy) is 1. The summed E-state index contributed by atoms with van der Waals surface area (Å²) in [7, 11) is 0. The van der Waals surface area contributed by atoms with Gasteiger partial charge in [-0.25, -0.2) is 4.39 Å². The van der Waals surface area contributed by atoms with Crippen LogP contribution in [0.15, 0.2) is 90.3 Å². The van der Waals surface area contributed by atoms with E-state index in [-0.39, 0.29) is 24.2 Å². The van der Waals surface area contributed by atoms with E-state index in [1.165, 1.54) is 12.1 Å². The van der Waals surface area contributed by atoms with Gasteiger partial charge < -0.3 is 14.5 Å². The standard InChI is InChI=1S/C34H36FN3O3S/c1-26-15-22-42-32(26)24-38(23-27-7-13-31(35)14-8-27)33(39)25-37(17-16-36-18-20-41-21-19-36)34(40)30-11-9-29(10-12-30)28-5-3-2-4-6-28/h2-15,22H,16-21,23-25H2,1H3. The summed E-state index contributed by atoms with van der Waals surface area (Å²) >= 11 is 1.61. The smallest absolute Gasteiger partial charge is 0.254 e. The van der Waals surface area contributed by atoms with Crippen molar-refractivity contribution in [2.24, 2.45) is 0 Å². The summed E-state index contributed by atoms with van der Waals surface area (Å²) in [6.07, 6.45) is 0. The Hall–Kier alpha value is -3.85. The summed E-state index contributed by atoms with van der Waals surface area (Å²) < 4.78 is 19.1. The molecule has 0 bridgehead atoms. The molecule has 2 heterocycles. The van der Waals surface area contributed by atoms with Crippen LogP contribution in [0.4, 0.5) is 4.39 Å². The van der Waals surface area contributed by atoms with Gasteiger partial charge in [-0.2, -0.15) is 0 Å². The molecule has 4 aromatic rings. The second kappa shape index (κ2) is 14.4. The van der Waals surface area contributed by atoms with Crippen LogP contribution in [0.3, 0.4) is 0 Å². The summed E-state index contributed by atoms with van der Waals surface area (Å²) in [4.78, 5) is 34.6. The number of hydrogen-bond donors (Lipinski definition) is 0. The lowest BCUT2D eigenvalue weighted by Crippen LogP contribution is -2.47. The number of carbonyl (C=O) groups is 2. The lowest BCUT2D eigenvalue weighted by molar-refractivity contribution is -0.133. The van der Waals surface area contributed by atoms with Crippen molar-refractivity contribution in [2.75, 3.05) is 45.9 Å². The Morgan fingerprint density at radius 2 is 1.55 bits per heavy atom. The molecule has 0 saturated carbocycles. The Morgan fingerprint density at radius 3 is 2.21 bits per heavy atom. The molecule has 2 amide bonds. The number of rotatable bonds is 11. The van der Waals surface area contributed by atoms with Crippen molar-refractivity contribution in [2.45, 2.75) is 20.0 Å². The van der Waals surface area contributed by atoms with E-state index < -0.39 is 0 Å². The average molecular weight is 586 g/mol. The predicted octanol–water partition coefficient (Wildman–Crippen LogP) is 5.87. The zero-order valence-electron chi connectivity index (χ0n) is 23.9. The van der Waals surface area contributed by atoms with Crippen molar-refractivity contribution < 1.29 is 18.7 Å². The molecule has 0 aliphatic carbocycles. The molecule has 1 aliphatic heterocycles. The molecule has 6 nitrogen and oxygen atoms in total. The van der Waals surface area contributed by atoms with Crippen LogP contribution >= 0.6 is 11.3 Å². The molecule has 1 saturated heterocycles. The minimum Gasteiger partial charge on any atom is -0.379 e. The van der Waals surface area contributed by atoms with Crippen LogP contribution in [-0.4, -0.2) is 72.5 Å². The normalized spacial score (nSPS) is 13.6. The maximum Gasteiger partial charge on any atom is 0.254 e. The highest BCUT2D eigenvalue weighted by atomic mass is 32.1. The molecule has 3 aromatic carbocycles. The van der Waals surface area contributed by atoms with Gasteiger partial charge in [-0.3, -0.25) is 14.5 Å². The molecule has 0 N–H and O–H groups in total. The summed E-state index contributed by atoms with van der Waals surface area (Å²) in [5.74, 6) is -0.641. The maximum absolute atomic E-state index is 13.9. The van der Waals surface area contributed by atoms with E-state index in [9.17, 15) is 14.0 Å². The fourth-order valence-electron chi connectivity index (χ4n) is 5.00. The molecule has 5 rings (SSSR count). The number of nitrogens with zero attached hydrogens (tertiary/aromatic N) is 3. The quantitative estimate of drug-likeness (QED) is 0.221.